The van der Waals surface area contributed by atoms with Gasteiger partial charge in [0.05, 0.1) is 11.4 Å². The van der Waals surface area contributed by atoms with E-state index in [0.29, 0.717) is 0 Å². The van der Waals surface area contributed by atoms with Gasteiger partial charge in [-0.15, -0.1) is 0 Å². The number of hydrogen-bond donors (Lipinski definition) is 0. The van der Waals surface area contributed by atoms with Crippen LogP contribution in [0.1, 0.15) is 0 Å². The Hall–Kier alpha value is -10.3. The SMILES string of the molecule is c1ccc(N(c2ccc3c(c2)oc2cc4cc5oc6cc(N(c7ccccc7)c7cccc8cc(-c9cc%10ccccc%10o9)ccc78)ccc6c5cc4cc23)c2cccc3cc(-c4cc5ccccc5o4)ccc23)cc1. The monoisotopic (exact) mass is 974 g/mol. The van der Waals surface area contributed by atoms with E-state index in [-0.39, 0.29) is 0 Å². The molecule has 0 atom stereocenters. The van der Waals surface area contributed by atoms with Gasteiger partial charge in [0.25, 0.3) is 0 Å². The van der Waals surface area contributed by atoms with Gasteiger partial charge < -0.3 is 27.5 Å². The molecule has 0 N–H and O–H groups in total. The maximum absolute atomic E-state index is 6.79. The first-order valence-corrected chi connectivity index (χ1v) is 25.6. The van der Waals surface area contributed by atoms with Gasteiger partial charge in [0, 0.05) is 89.1 Å². The zero-order chi connectivity index (χ0) is 49.8. The number of para-hydroxylation sites is 4. The number of furan rings is 4. The van der Waals surface area contributed by atoms with Crippen molar-refractivity contribution >= 4 is 132 Å². The summed E-state index contributed by atoms with van der Waals surface area (Å²) >= 11 is 0. The fourth-order valence-electron chi connectivity index (χ4n) is 11.5. The summed E-state index contributed by atoms with van der Waals surface area (Å²) < 4.78 is 26.1. The van der Waals surface area contributed by atoms with Crippen LogP contribution < -0.4 is 9.80 Å². The summed E-state index contributed by atoms with van der Waals surface area (Å²) in [6.07, 6.45) is 0. The Balaban J connectivity index is 0.764. The summed E-state index contributed by atoms with van der Waals surface area (Å²) in [7, 11) is 0. The van der Waals surface area contributed by atoms with Crippen LogP contribution in [0.15, 0.2) is 272 Å². The Bertz CT molecular complexity index is 4590. The molecule has 16 aromatic rings. The first-order valence-electron chi connectivity index (χ1n) is 25.6. The van der Waals surface area contributed by atoms with E-state index in [1.54, 1.807) is 0 Å². The third-order valence-corrected chi connectivity index (χ3v) is 15.1. The molecule has 6 heteroatoms. The lowest BCUT2D eigenvalue weighted by Crippen LogP contribution is -2.10. The van der Waals surface area contributed by atoms with E-state index in [2.05, 4.69) is 228 Å². The molecule has 0 saturated carbocycles. The summed E-state index contributed by atoms with van der Waals surface area (Å²) in [5.74, 6) is 1.71. The Morgan fingerprint density at radius 1 is 0.211 bits per heavy atom. The molecule has 4 heterocycles. The van der Waals surface area contributed by atoms with E-state index in [4.69, 9.17) is 17.7 Å². The summed E-state index contributed by atoms with van der Waals surface area (Å²) in [6, 6.07) is 89.7. The van der Waals surface area contributed by atoms with Crippen LogP contribution in [0.25, 0.3) is 121 Å². The van der Waals surface area contributed by atoms with Gasteiger partial charge in [-0.3, -0.25) is 0 Å². The Morgan fingerprint density at radius 2 is 0.618 bits per heavy atom. The highest BCUT2D eigenvalue weighted by molar-refractivity contribution is 6.16. The highest BCUT2D eigenvalue weighted by atomic mass is 16.3. The van der Waals surface area contributed by atoms with Gasteiger partial charge in [-0.2, -0.15) is 0 Å². The predicted octanol–water partition coefficient (Wildman–Crippen LogP) is 20.7. The summed E-state index contributed by atoms with van der Waals surface area (Å²) in [5.41, 5.74) is 13.4. The van der Waals surface area contributed by atoms with Crippen LogP contribution in [-0.2, 0) is 0 Å². The molecule has 356 valence electrons. The lowest BCUT2D eigenvalue weighted by atomic mass is 10.0. The third kappa shape index (κ3) is 6.81. The lowest BCUT2D eigenvalue weighted by Gasteiger charge is -2.27. The zero-order valence-corrected chi connectivity index (χ0v) is 40.8. The third-order valence-electron chi connectivity index (χ3n) is 15.1. The van der Waals surface area contributed by atoms with Crippen LogP contribution in [-0.4, -0.2) is 0 Å². The minimum absolute atomic E-state index is 0.818. The molecule has 16 rings (SSSR count). The largest absolute Gasteiger partial charge is 0.456 e. The molecule has 0 aliphatic carbocycles. The quantitative estimate of drug-likeness (QED) is 0.151. The van der Waals surface area contributed by atoms with Crippen molar-refractivity contribution in [3.05, 3.63) is 255 Å². The van der Waals surface area contributed by atoms with Crippen molar-refractivity contribution in [1.82, 2.24) is 0 Å². The van der Waals surface area contributed by atoms with Crippen molar-refractivity contribution in [1.29, 1.82) is 0 Å². The predicted molar refractivity (Wildman–Crippen MR) is 313 cm³/mol. The van der Waals surface area contributed by atoms with E-state index < -0.39 is 0 Å². The fraction of sp³-hybridized carbons (Fsp3) is 0. The number of fused-ring (bicyclic) bond motifs is 11. The van der Waals surface area contributed by atoms with Crippen LogP contribution in [0.5, 0.6) is 0 Å². The molecule has 0 fully saturated rings. The average molecular weight is 975 g/mol. The number of benzene rings is 12. The minimum Gasteiger partial charge on any atom is -0.456 e. The average Bonchev–Trinajstić information content (AvgIpc) is 4.27. The molecule has 0 unspecified atom stereocenters. The number of rotatable bonds is 8. The second kappa shape index (κ2) is 16.6. The molecule has 0 amide bonds. The molecular formula is C70H42N2O4. The molecule has 0 spiro atoms. The Kier molecular flexibility index (Phi) is 9.23. The smallest absolute Gasteiger partial charge is 0.137 e. The van der Waals surface area contributed by atoms with Crippen molar-refractivity contribution < 1.29 is 17.7 Å². The molecular weight excluding hydrogens is 933 g/mol. The molecule has 4 aromatic heterocycles. The van der Waals surface area contributed by atoms with Gasteiger partial charge in [0.2, 0.25) is 0 Å². The van der Waals surface area contributed by atoms with Crippen LogP contribution in [0.4, 0.5) is 34.1 Å². The van der Waals surface area contributed by atoms with Gasteiger partial charge in [0.15, 0.2) is 0 Å². The highest BCUT2D eigenvalue weighted by Gasteiger charge is 2.22. The van der Waals surface area contributed by atoms with E-state index in [9.17, 15) is 0 Å². The van der Waals surface area contributed by atoms with E-state index in [1.807, 2.05) is 36.4 Å². The fourth-order valence-corrected chi connectivity index (χ4v) is 11.5. The molecule has 12 aromatic carbocycles. The highest BCUT2D eigenvalue weighted by Crippen LogP contribution is 2.46. The van der Waals surface area contributed by atoms with Crippen molar-refractivity contribution in [2.24, 2.45) is 0 Å². The van der Waals surface area contributed by atoms with Gasteiger partial charge in [0.1, 0.15) is 45.0 Å². The molecule has 6 nitrogen and oxygen atoms in total. The van der Waals surface area contributed by atoms with Crippen molar-refractivity contribution in [3.63, 3.8) is 0 Å². The van der Waals surface area contributed by atoms with Gasteiger partial charge in [-0.05, 0) is 143 Å². The van der Waals surface area contributed by atoms with Gasteiger partial charge >= 0.3 is 0 Å². The molecule has 0 bridgehead atoms. The molecule has 0 saturated heterocycles. The summed E-state index contributed by atoms with van der Waals surface area (Å²) in [4.78, 5) is 4.63. The standard InChI is InChI=1S/C70H42N2O4/c1-3-17-51(18-4-1)71(61-21-11-15-43-33-47(25-29-55(43)61)65-37-45-13-7-9-23-63(45)73-65)53-27-31-57-59-35-49-36-60-58-32-28-54(42-70(58)76-68(60)40-50(49)39-67(59)75-69(57)41-53)72(52-19-5-2-6-20-52)62-22-12-16-44-34-48(26-30-56(44)62)66-38-46-14-8-10-24-64(46)74-66/h1-42H. The number of anilines is 6. The van der Waals surface area contributed by atoms with Crippen LogP contribution >= 0.6 is 0 Å². The molecule has 76 heavy (non-hydrogen) atoms. The van der Waals surface area contributed by atoms with Gasteiger partial charge in [-0.25, -0.2) is 0 Å². The van der Waals surface area contributed by atoms with Gasteiger partial charge in [-0.1, -0.05) is 121 Å². The van der Waals surface area contributed by atoms with Crippen molar-refractivity contribution in [3.8, 4) is 22.6 Å². The first-order chi connectivity index (χ1) is 37.6. The van der Waals surface area contributed by atoms with Crippen LogP contribution in [0.2, 0.25) is 0 Å². The Morgan fingerprint density at radius 3 is 1.09 bits per heavy atom. The van der Waals surface area contributed by atoms with Crippen LogP contribution in [0.3, 0.4) is 0 Å². The normalized spacial score (nSPS) is 11.9. The number of hydrogen-bond acceptors (Lipinski definition) is 6. The maximum atomic E-state index is 6.79. The summed E-state index contributed by atoms with van der Waals surface area (Å²) in [5, 5.41) is 13.1. The van der Waals surface area contributed by atoms with Crippen LogP contribution in [0, 0.1) is 0 Å². The lowest BCUT2D eigenvalue weighted by molar-refractivity contribution is 0.631. The van der Waals surface area contributed by atoms with Crippen molar-refractivity contribution in [2.75, 3.05) is 9.80 Å². The topological polar surface area (TPSA) is 59.0 Å². The Labute approximate surface area is 435 Å². The number of nitrogens with zero attached hydrogens (tertiary/aromatic N) is 2. The minimum atomic E-state index is 0.818. The van der Waals surface area contributed by atoms with E-state index >= 15 is 0 Å². The van der Waals surface area contributed by atoms with E-state index in [1.165, 1.54) is 0 Å². The molecule has 0 aliphatic rings. The second-order valence-corrected chi connectivity index (χ2v) is 19.7. The first kappa shape index (κ1) is 42.2. The molecule has 0 radical (unpaired) electrons. The van der Waals surface area contributed by atoms with E-state index in [0.717, 1.165) is 155 Å². The maximum Gasteiger partial charge on any atom is 0.137 e. The van der Waals surface area contributed by atoms with Crippen molar-refractivity contribution in [2.45, 2.75) is 0 Å². The zero-order valence-electron chi connectivity index (χ0n) is 40.8. The second-order valence-electron chi connectivity index (χ2n) is 19.7. The summed E-state index contributed by atoms with van der Waals surface area (Å²) in [6.45, 7) is 0. The molecule has 0 aliphatic heterocycles.